The molecule has 0 radical (unpaired) electrons. The molecule has 0 amide bonds. The van der Waals surface area contributed by atoms with Gasteiger partial charge < -0.3 is 4.74 Å². The highest BCUT2D eigenvalue weighted by Crippen LogP contribution is 2.44. The molecule has 0 saturated carbocycles. The summed E-state index contributed by atoms with van der Waals surface area (Å²) in [6, 6.07) is 38.6. The molecule has 5 aromatic carbocycles. The highest BCUT2D eigenvalue weighted by atomic mass is 32.1. The van der Waals surface area contributed by atoms with E-state index in [1.54, 1.807) is 0 Å². The average molecular weight is 683 g/mol. The first-order chi connectivity index (χ1) is 24.6. The number of aryl methyl sites for hydroxylation is 3. The Bertz CT molecular complexity index is 2790. The minimum absolute atomic E-state index is 0.0123. The van der Waals surface area contributed by atoms with E-state index in [2.05, 4.69) is 137 Å². The molecular weight excluding hydrogens is 645 g/mol. The van der Waals surface area contributed by atoms with Gasteiger partial charge >= 0.3 is 0 Å². The standard InChI is InChI=1S/C45H38N4OS/c1-27-22-28(2)42(29(3)23-27)37-19-21-48(47-37)31-10-9-11-32(25-31)50-33-14-15-36-39(26-33)49(41-24-30(18-20-46-41)45(4,5)6)38-17-16-35-34-12-7-8-13-40(34)51-44(35)43(36)38/h7-26H,1-6H3. The van der Waals surface area contributed by atoms with Crippen LogP contribution >= 0.6 is 11.3 Å². The Kier molecular flexibility index (Phi) is 7.16. The molecule has 6 heteroatoms. The van der Waals surface area contributed by atoms with E-state index in [4.69, 9.17) is 14.8 Å². The van der Waals surface area contributed by atoms with Crippen LogP contribution in [0.5, 0.6) is 11.5 Å². The molecule has 5 nitrogen and oxygen atoms in total. The smallest absolute Gasteiger partial charge is 0.137 e. The van der Waals surface area contributed by atoms with Gasteiger partial charge in [-0.15, -0.1) is 11.3 Å². The van der Waals surface area contributed by atoms with Crippen LogP contribution in [0.3, 0.4) is 0 Å². The van der Waals surface area contributed by atoms with Crippen molar-refractivity contribution in [3.8, 4) is 34.3 Å². The maximum absolute atomic E-state index is 6.62. The summed E-state index contributed by atoms with van der Waals surface area (Å²) in [4.78, 5) is 4.93. The zero-order chi connectivity index (χ0) is 35.0. The van der Waals surface area contributed by atoms with Crippen LogP contribution in [-0.4, -0.2) is 19.3 Å². The van der Waals surface area contributed by atoms with Crippen molar-refractivity contribution in [3.63, 3.8) is 0 Å². The van der Waals surface area contributed by atoms with E-state index in [1.807, 2.05) is 46.6 Å². The van der Waals surface area contributed by atoms with Gasteiger partial charge in [-0.3, -0.25) is 4.57 Å². The van der Waals surface area contributed by atoms with Gasteiger partial charge in [0.25, 0.3) is 0 Å². The fraction of sp³-hybridized carbons (Fsp3) is 0.156. The third-order valence-corrected chi connectivity index (χ3v) is 11.1. The van der Waals surface area contributed by atoms with Gasteiger partial charge in [-0.25, -0.2) is 9.67 Å². The normalized spacial score (nSPS) is 12.1. The Morgan fingerprint density at radius 1 is 0.686 bits per heavy atom. The van der Waals surface area contributed by atoms with E-state index in [9.17, 15) is 0 Å². The number of benzene rings is 5. The summed E-state index contributed by atoms with van der Waals surface area (Å²) in [5.41, 5.74) is 10.2. The van der Waals surface area contributed by atoms with Crippen LogP contribution in [-0.2, 0) is 5.41 Å². The lowest BCUT2D eigenvalue weighted by Gasteiger charge is -2.20. The molecule has 9 aromatic rings. The molecule has 0 N–H and O–H groups in total. The first kappa shape index (κ1) is 31.3. The minimum atomic E-state index is -0.0123. The number of ether oxygens (including phenoxy) is 1. The largest absolute Gasteiger partial charge is 0.457 e. The SMILES string of the molecule is Cc1cc(C)c(-c2ccn(-c3cccc(Oc4ccc5c6c7sc8ccccc8c7ccc6n(-c6cc(C(C)(C)C)ccn6)c5c4)c3)n2)c(C)c1. The fourth-order valence-electron chi connectivity index (χ4n) is 7.59. The first-order valence-electron chi connectivity index (χ1n) is 17.4. The molecule has 0 fully saturated rings. The predicted octanol–water partition coefficient (Wildman–Crippen LogP) is 12.4. The lowest BCUT2D eigenvalue weighted by molar-refractivity contribution is 0.483. The van der Waals surface area contributed by atoms with Crippen molar-refractivity contribution in [2.45, 2.75) is 47.0 Å². The molecule has 0 aliphatic carbocycles. The monoisotopic (exact) mass is 682 g/mol. The van der Waals surface area contributed by atoms with E-state index >= 15 is 0 Å². The molecule has 0 unspecified atom stereocenters. The van der Waals surface area contributed by atoms with Crippen LogP contribution in [0.2, 0.25) is 0 Å². The van der Waals surface area contributed by atoms with Crippen molar-refractivity contribution < 1.29 is 4.74 Å². The van der Waals surface area contributed by atoms with Crippen molar-refractivity contribution in [1.29, 1.82) is 0 Å². The van der Waals surface area contributed by atoms with Gasteiger partial charge in [-0.05, 0) is 97.5 Å². The summed E-state index contributed by atoms with van der Waals surface area (Å²) in [6.45, 7) is 13.2. The number of pyridine rings is 1. The van der Waals surface area contributed by atoms with Crippen LogP contribution in [0.15, 0.2) is 122 Å². The summed E-state index contributed by atoms with van der Waals surface area (Å²) in [5, 5.41) is 9.97. The lowest BCUT2D eigenvalue weighted by atomic mass is 9.88. The van der Waals surface area contributed by atoms with Crippen molar-refractivity contribution in [3.05, 3.63) is 144 Å². The molecule has 4 heterocycles. The number of hydrogen-bond donors (Lipinski definition) is 0. The maximum atomic E-state index is 6.62. The van der Waals surface area contributed by atoms with Gasteiger partial charge in [0.05, 0.1) is 22.4 Å². The van der Waals surface area contributed by atoms with E-state index in [1.165, 1.54) is 58.8 Å². The van der Waals surface area contributed by atoms with Crippen LogP contribution in [0.1, 0.15) is 43.0 Å². The van der Waals surface area contributed by atoms with Gasteiger partial charge in [0.1, 0.15) is 17.3 Å². The second-order valence-corrected chi connectivity index (χ2v) is 15.7. The second-order valence-electron chi connectivity index (χ2n) is 14.6. The molecule has 0 bridgehead atoms. The molecule has 0 saturated heterocycles. The van der Waals surface area contributed by atoms with Crippen LogP contribution in [0.25, 0.3) is 64.7 Å². The number of aromatic nitrogens is 4. The van der Waals surface area contributed by atoms with Gasteiger partial charge in [-0.1, -0.05) is 68.8 Å². The third kappa shape index (κ3) is 5.29. The summed E-state index contributed by atoms with van der Waals surface area (Å²) < 4.78 is 13.4. The van der Waals surface area contributed by atoms with Crippen molar-refractivity contribution >= 4 is 53.3 Å². The van der Waals surface area contributed by atoms with E-state index in [0.29, 0.717) is 0 Å². The summed E-state index contributed by atoms with van der Waals surface area (Å²) >= 11 is 1.86. The highest BCUT2D eigenvalue weighted by Gasteiger charge is 2.21. The molecular formula is C45H38N4OS. The molecule has 0 atom stereocenters. The average Bonchev–Trinajstić information content (AvgIpc) is 3.82. The van der Waals surface area contributed by atoms with Crippen molar-refractivity contribution in [2.24, 2.45) is 0 Å². The van der Waals surface area contributed by atoms with Crippen molar-refractivity contribution in [2.75, 3.05) is 0 Å². The topological polar surface area (TPSA) is 44.9 Å². The van der Waals surface area contributed by atoms with Crippen LogP contribution in [0, 0.1) is 20.8 Å². The number of fused-ring (bicyclic) bond motifs is 7. The maximum Gasteiger partial charge on any atom is 0.137 e. The zero-order valence-corrected chi connectivity index (χ0v) is 30.5. The number of thiophene rings is 1. The summed E-state index contributed by atoms with van der Waals surface area (Å²) in [5.74, 6) is 2.40. The second kappa shape index (κ2) is 11.7. The predicted molar refractivity (Wildman–Crippen MR) is 213 cm³/mol. The Labute approximate surface area is 301 Å². The number of nitrogens with zero attached hydrogens (tertiary/aromatic N) is 4. The van der Waals surface area contributed by atoms with E-state index < -0.39 is 0 Å². The highest BCUT2D eigenvalue weighted by molar-refractivity contribution is 7.26. The van der Waals surface area contributed by atoms with Gasteiger partial charge in [0, 0.05) is 61.0 Å². The molecule has 250 valence electrons. The molecule has 0 aliphatic heterocycles. The third-order valence-electron chi connectivity index (χ3n) is 9.93. The van der Waals surface area contributed by atoms with Crippen LogP contribution in [0.4, 0.5) is 0 Å². The Balaban J connectivity index is 1.16. The van der Waals surface area contributed by atoms with Crippen LogP contribution < -0.4 is 4.74 Å². The first-order valence-corrected chi connectivity index (χ1v) is 18.2. The molecule has 51 heavy (non-hydrogen) atoms. The number of hydrogen-bond acceptors (Lipinski definition) is 4. The van der Waals surface area contributed by atoms with E-state index in [-0.39, 0.29) is 5.41 Å². The molecule has 0 spiro atoms. The molecule has 0 aliphatic rings. The Morgan fingerprint density at radius 3 is 2.29 bits per heavy atom. The summed E-state index contributed by atoms with van der Waals surface area (Å²) in [7, 11) is 0. The Hall–Kier alpha value is -5.72. The quantitative estimate of drug-likeness (QED) is 0.181. The van der Waals surface area contributed by atoms with Gasteiger partial charge in [-0.2, -0.15) is 5.10 Å². The van der Waals surface area contributed by atoms with Crippen molar-refractivity contribution in [1.82, 2.24) is 19.3 Å². The summed E-state index contributed by atoms with van der Waals surface area (Å²) in [6.07, 6.45) is 3.95. The fourth-order valence-corrected chi connectivity index (χ4v) is 8.85. The molecule has 4 aromatic heterocycles. The minimum Gasteiger partial charge on any atom is -0.457 e. The van der Waals surface area contributed by atoms with E-state index in [0.717, 1.165) is 39.7 Å². The van der Waals surface area contributed by atoms with Gasteiger partial charge in [0.2, 0.25) is 0 Å². The zero-order valence-electron chi connectivity index (χ0n) is 29.7. The molecule has 9 rings (SSSR count). The lowest BCUT2D eigenvalue weighted by Crippen LogP contribution is -2.12. The Morgan fingerprint density at radius 2 is 1.47 bits per heavy atom. The van der Waals surface area contributed by atoms with Gasteiger partial charge in [0.15, 0.2) is 0 Å². The number of rotatable bonds is 5.